The Morgan fingerprint density at radius 1 is 1.53 bits per heavy atom. The minimum absolute atomic E-state index is 0.344. The van der Waals surface area contributed by atoms with Crippen LogP contribution < -0.4 is 10.5 Å². The number of carbonyl (C=O) groups excluding carboxylic acids is 1. The second-order valence-corrected chi connectivity index (χ2v) is 4.18. The minimum Gasteiger partial charge on any atom is -0.496 e. The second-order valence-electron chi connectivity index (χ2n) is 4.18. The smallest absolute Gasteiger partial charge is 0.330 e. The molecular weight excluding hydrogens is 218 g/mol. The van der Waals surface area contributed by atoms with Crippen LogP contribution in [0.4, 0.5) is 0 Å². The highest BCUT2D eigenvalue weighted by Gasteiger charge is 2.44. The van der Waals surface area contributed by atoms with E-state index in [-0.39, 0.29) is 5.97 Å². The molecule has 0 fully saturated rings. The number of rotatable bonds is 3. The summed E-state index contributed by atoms with van der Waals surface area (Å²) in [6.45, 7) is 2.12. The average molecular weight is 235 g/mol. The van der Waals surface area contributed by atoms with Crippen molar-refractivity contribution in [3.63, 3.8) is 0 Å². The number of esters is 1. The summed E-state index contributed by atoms with van der Waals surface area (Å²) in [5, 5.41) is 0. The molecule has 1 aromatic rings. The highest BCUT2D eigenvalue weighted by atomic mass is 16.5. The summed E-state index contributed by atoms with van der Waals surface area (Å²) in [5.41, 5.74) is 7.03. The first-order valence-electron chi connectivity index (χ1n) is 5.76. The third kappa shape index (κ3) is 1.78. The van der Waals surface area contributed by atoms with Crippen molar-refractivity contribution < 1.29 is 14.3 Å². The molecule has 2 N–H and O–H groups in total. The summed E-state index contributed by atoms with van der Waals surface area (Å²) in [5.74, 6) is 0.436. The van der Waals surface area contributed by atoms with E-state index in [1.54, 1.807) is 14.0 Å². The Kier molecular flexibility index (Phi) is 3.07. The van der Waals surface area contributed by atoms with E-state index in [4.69, 9.17) is 15.2 Å². The molecule has 0 bridgehead atoms. The van der Waals surface area contributed by atoms with Gasteiger partial charge >= 0.3 is 5.97 Å². The number of hydrogen-bond donors (Lipinski definition) is 1. The van der Waals surface area contributed by atoms with Gasteiger partial charge in [-0.3, -0.25) is 0 Å². The van der Waals surface area contributed by atoms with Crippen LogP contribution in [0.25, 0.3) is 0 Å². The number of ether oxygens (including phenoxy) is 2. The Hall–Kier alpha value is -1.55. The van der Waals surface area contributed by atoms with E-state index in [1.807, 2.05) is 18.2 Å². The number of hydrogen-bond acceptors (Lipinski definition) is 4. The van der Waals surface area contributed by atoms with E-state index in [9.17, 15) is 4.79 Å². The Labute approximate surface area is 101 Å². The maximum atomic E-state index is 11.9. The van der Waals surface area contributed by atoms with Gasteiger partial charge in [0.2, 0.25) is 0 Å². The predicted molar refractivity (Wildman–Crippen MR) is 63.8 cm³/mol. The summed E-state index contributed by atoms with van der Waals surface area (Å²) in [7, 11) is 1.62. The highest BCUT2D eigenvalue weighted by Crippen LogP contribution is 2.40. The number of nitrogens with two attached hydrogens (primary N) is 1. The molecule has 0 radical (unpaired) electrons. The molecule has 0 aliphatic heterocycles. The summed E-state index contributed by atoms with van der Waals surface area (Å²) in [4.78, 5) is 11.9. The maximum Gasteiger partial charge on any atom is 0.330 e. The fourth-order valence-corrected chi connectivity index (χ4v) is 2.36. The largest absolute Gasteiger partial charge is 0.496 e. The predicted octanol–water partition coefficient (Wildman–Crippen LogP) is 1.36. The standard InChI is InChI=1S/C13H17NO3/c1-3-17-12(15)13(14)8-7-9-10(13)5-4-6-11(9)16-2/h4-6H,3,7-8,14H2,1-2H3. The molecule has 0 spiro atoms. The van der Waals surface area contributed by atoms with Crippen molar-refractivity contribution in [3.8, 4) is 5.75 Å². The molecule has 0 saturated carbocycles. The fraction of sp³-hybridized carbons (Fsp3) is 0.462. The normalized spacial score (nSPS) is 22.1. The first-order chi connectivity index (χ1) is 8.13. The number of benzene rings is 1. The van der Waals surface area contributed by atoms with Crippen LogP contribution in [0.1, 0.15) is 24.5 Å². The van der Waals surface area contributed by atoms with Crippen molar-refractivity contribution in [3.05, 3.63) is 29.3 Å². The third-order valence-electron chi connectivity index (χ3n) is 3.24. The summed E-state index contributed by atoms with van der Waals surface area (Å²) in [6.07, 6.45) is 1.32. The van der Waals surface area contributed by atoms with Crippen molar-refractivity contribution in [2.75, 3.05) is 13.7 Å². The molecule has 1 aromatic carbocycles. The lowest BCUT2D eigenvalue weighted by molar-refractivity contribution is -0.150. The zero-order valence-electron chi connectivity index (χ0n) is 10.2. The molecule has 1 aliphatic carbocycles. The molecule has 1 atom stereocenters. The molecule has 0 saturated heterocycles. The molecule has 4 nitrogen and oxygen atoms in total. The Balaban J connectivity index is 2.42. The highest BCUT2D eigenvalue weighted by molar-refractivity contribution is 5.84. The topological polar surface area (TPSA) is 61.5 Å². The summed E-state index contributed by atoms with van der Waals surface area (Å²) >= 11 is 0. The zero-order valence-corrected chi connectivity index (χ0v) is 10.2. The molecule has 0 heterocycles. The molecule has 0 aromatic heterocycles. The van der Waals surface area contributed by atoms with E-state index < -0.39 is 5.54 Å². The first-order valence-corrected chi connectivity index (χ1v) is 5.76. The quantitative estimate of drug-likeness (QED) is 0.803. The van der Waals surface area contributed by atoms with Crippen molar-refractivity contribution in [1.29, 1.82) is 0 Å². The molecule has 0 amide bonds. The van der Waals surface area contributed by atoms with Crippen LogP contribution in [0.3, 0.4) is 0 Å². The van der Waals surface area contributed by atoms with Gasteiger partial charge < -0.3 is 15.2 Å². The van der Waals surface area contributed by atoms with Gasteiger partial charge in [-0.1, -0.05) is 12.1 Å². The summed E-state index contributed by atoms with van der Waals surface area (Å²) < 4.78 is 10.3. The van der Waals surface area contributed by atoms with Crippen LogP contribution >= 0.6 is 0 Å². The number of methoxy groups -OCH3 is 1. The lowest BCUT2D eigenvalue weighted by Crippen LogP contribution is -2.44. The van der Waals surface area contributed by atoms with E-state index >= 15 is 0 Å². The van der Waals surface area contributed by atoms with Crippen molar-refractivity contribution >= 4 is 5.97 Å². The number of fused-ring (bicyclic) bond motifs is 1. The Morgan fingerprint density at radius 2 is 2.29 bits per heavy atom. The number of carbonyl (C=O) groups is 1. The molecule has 4 heteroatoms. The van der Waals surface area contributed by atoms with Gasteiger partial charge in [0, 0.05) is 0 Å². The SMILES string of the molecule is CCOC(=O)C1(N)CCc2c(OC)cccc21. The average Bonchev–Trinajstić information content (AvgIpc) is 2.69. The van der Waals surface area contributed by atoms with E-state index in [0.717, 1.165) is 23.3 Å². The molecule has 2 rings (SSSR count). The van der Waals surface area contributed by atoms with Crippen molar-refractivity contribution in [2.24, 2.45) is 5.73 Å². The van der Waals surface area contributed by atoms with Crippen molar-refractivity contribution in [2.45, 2.75) is 25.3 Å². The molecule has 1 aliphatic rings. The van der Waals surface area contributed by atoms with E-state index in [1.165, 1.54) is 0 Å². The second kappa shape index (κ2) is 4.37. The van der Waals surface area contributed by atoms with Gasteiger partial charge in [0.05, 0.1) is 13.7 Å². The van der Waals surface area contributed by atoms with Gasteiger partial charge in [-0.25, -0.2) is 4.79 Å². The van der Waals surface area contributed by atoms with Crippen molar-refractivity contribution in [1.82, 2.24) is 0 Å². The van der Waals surface area contributed by atoms with Gasteiger partial charge in [-0.05, 0) is 37.0 Å². The van der Waals surface area contributed by atoms with Crippen LogP contribution in [-0.2, 0) is 21.5 Å². The van der Waals surface area contributed by atoms with Crippen LogP contribution in [0.2, 0.25) is 0 Å². The zero-order chi connectivity index (χ0) is 12.5. The molecule has 1 unspecified atom stereocenters. The van der Waals surface area contributed by atoms with Crippen LogP contribution in [0.5, 0.6) is 5.75 Å². The monoisotopic (exact) mass is 235 g/mol. The van der Waals surface area contributed by atoms with E-state index in [2.05, 4.69) is 0 Å². The first kappa shape index (κ1) is 11.9. The lowest BCUT2D eigenvalue weighted by Gasteiger charge is -2.22. The summed E-state index contributed by atoms with van der Waals surface area (Å²) in [6, 6.07) is 5.61. The van der Waals surface area contributed by atoms with Gasteiger partial charge in [-0.15, -0.1) is 0 Å². The van der Waals surface area contributed by atoms with Gasteiger partial charge in [-0.2, -0.15) is 0 Å². The molecular formula is C13H17NO3. The van der Waals surface area contributed by atoms with Crippen LogP contribution in [0.15, 0.2) is 18.2 Å². The van der Waals surface area contributed by atoms with Gasteiger partial charge in [0.1, 0.15) is 11.3 Å². The lowest BCUT2D eigenvalue weighted by atomic mass is 9.93. The Morgan fingerprint density at radius 3 is 2.94 bits per heavy atom. The minimum atomic E-state index is -1.01. The molecule has 17 heavy (non-hydrogen) atoms. The van der Waals surface area contributed by atoms with Gasteiger partial charge in [0.15, 0.2) is 0 Å². The Bertz CT molecular complexity index is 444. The van der Waals surface area contributed by atoms with Gasteiger partial charge in [0.25, 0.3) is 0 Å². The third-order valence-corrected chi connectivity index (χ3v) is 3.24. The molecule has 92 valence electrons. The van der Waals surface area contributed by atoms with E-state index in [0.29, 0.717) is 13.0 Å². The van der Waals surface area contributed by atoms with Crippen LogP contribution in [0, 0.1) is 0 Å². The van der Waals surface area contributed by atoms with Crippen LogP contribution in [-0.4, -0.2) is 19.7 Å². The fourth-order valence-electron chi connectivity index (χ4n) is 2.36. The maximum absolute atomic E-state index is 11.9.